The molecule has 0 bridgehead atoms. The Morgan fingerprint density at radius 1 is 1.50 bits per heavy atom. The SMILES string of the molecule is CC(=O)N(C/C=C/N(C)C)c1cc(Br)cnc1C. The zero-order valence-corrected chi connectivity index (χ0v) is 12.7. The smallest absolute Gasteiger partial charge is 0.224 e. The average molecular weight is 312 g/mol. The van der Waals surface area contributed by atoms with Crippen LogP contribution in [0.15, 0.2) is 29.0 Å². The molecule has 0 aliphatic rings. The molecule has 0 saturated heterocycles. The first kappa shape index (κ1) is 14.7. The van der Waals surface area contributed by atoms with E-state index in [4.69, 9.17) is 0 Å². The molecular weight excluding hydrogens is 294 g/mol. The summed E-state index contributed by atoms with van der Waals surface area (Å²) in [4.78, 5) is 19.6. The molecule has 0 saturated carbocycles. The van der Waals surface area contributed by atoms with Crippen LogP contribution in [0.3, 0.4) is 0 Å². The molecule has 4 nitrogen and oxygen atoms in total. The van der Waals surface area contributed by atoms with Crippen LogP contribution in [0.1, 0.15) is 12.6 Å². The molecular formula is C13H18BrN3O. The predicted octanol–water partition coefficient (Wildman–Crippen LogP) is 2.58. The molecule has 5 heteroatoms. The highest BCUT2D eigenvalue weighted by Crippen LogP contribution is 2.22. The third-order valence-corrected chi connectivity index (χ3v) is 2.82. The Hall–Kier alpha value is -1.36. The van der Waals surface area contributed by atoms with Crippen molar-refractivity contribution in [2.75, 3.05) is 25.5 Å². The number of pyridine rings is 1. The van der Waals surface area contributed by atoms with Gasteiger partial charge >= 0.3 is 0 Å². The minimum Gasteiger partial charge on any atom is -0.384 e. The fourth-order valence-corrected chi connectivity index (χ4v) is 1.85. The summed E-state index contributed by atoms with van der Waals surface area (Å²) >= 11 is 3.38. The van der Waals surface area contributed by atoms with Crippen molar-refractivity contribution in [3.8, 4) is 0 Å². The normalized spacial score (nSPS) is 10.7. The van der Waals surface area contributed by atoms with Crippen molar-refractivity contribution in [2.24, 2.45) is 0 Å². The van der Waals surface area contributed by atoms with Gasteiger partial charge < -0.3 is 9.80 Å². The van der Waals surface area contributed by atoms with Gasteiger partial charge in [0.25, 0.3) is 0 Å². The molecule has 1 heterocycles. The van der Waals surface area contributed by atoms with Gasteiger partial charge in [-0.25, -0.2) is 0 Å². The molecule has 18 heavy (non-hydrogen) atoms. The second-order valence-corrected chi connectivity index (χ2v) is 5.15. The van der Waals surface area contributed by atoms with Gasteiger partial charge in [-0.05, 0) is 41.2 Å². The molecule has 1 aromatic rings. The van der Waals surface area contributed by atoms with Gasteiger partial charge in [0.1, 0.15) is 0 Å². The second-order valence-electron chi connectivity index (χ2n) is 4.24. The summed E-state index contributed by atoms with van der Waals surface area (Å²) in [6.07, 6.45) is 5.60. The van der Waals surface area contributed by atoms with E-state index < -0.39 is 0 Å². The number of carbonyl (C=O) groups excluding carboxylic acids is 1. The molecule has 0 N–H and O–H groups in total. The van der Waals surface area contributed by atoms with Crippen molar-refractivity contribution in [1.82, 2.24) is 9.88 Å². The van der Waals surface area contributed by atoms with E-state index in [0.29, 0.717) is 6.54 Å². The molecule has 98 valence electrons. The lowest BCUT2D eigenvalue weighted by Crippen LogP contribution is -2.29. The quantitative estimate of drug-likeness (QED) is 0.857. The molecule has 1 aromatic heterocycles. The molecule has 1 amide bonds. The van der Waals surface area contributed by atoms with E-state index in [0.717, 1.165) is 15.9 Å². The number of anilines is 1. The first-order valence-corrected chi connectivity index (χ1v) is 6.44. The summed E-state index contributed by atoms with van der Waals surface area (Å²) in [5.74, 6) is 0.00130. The Morgan fingerprint density at radius 3 is 2.72 bits per heavy atom. The maximum Gasteiger partial charge on any atom is 0.224 e. The lowest BCUT2D eigenvalue weighted by atomic mass is 10.2. The van der Waals surface area contributed by atoms with Gasteiger partial charge in [0, 0.05) is 38.2 Å². The number of halogens is 1. The van der Waals surface area contributed by atoms with Crippen LogP contribution in [0.4, 0.5) is 5.69 Å². The molecule has 0 atom stereocenters. The third-order valence-electron chi connectivity index (χ3n) is 2.39. The number of nitrogens with zero attached hydrogens (tertiary/aromatic N) is 3. The zero-order valence-electron chi connectivity index (χ0n) is 11.1. The molecule has 0 aliphatic carbocycles. The number of carbonyl (C=O) groups is 1. The average Bonchev–Trinajstić information content (AvgIpc) is 2.27. The standard InChI is InChI=1S/C13H18BrN3O/c1-10-13(8-12(14)9-15-10)17(11(2)18)7-5-6-16(3)4/h5-6,8-9H,7H2,1-4H3/b6-5+. The molecule has 0 aromatic carbocycles. The summed E-state index contributed by atoms with van der Waals surface area (Å²) in [6.45, 7) is 3.99. The number of hydrogen-bond acceptors (Lipinski definition) is 3. The van der Waals surface area contributed by atoms with E-state index in [-0.39, 0.29) is 5.91 Å². The van der Waals surface area contributed by atoms with E-state index in [1.165, 1.54) is 0 Å². The lowest BCUT2D eigenvalue weighted by molar-refractivity contribution is -0.116. The van der Waals surface area contributed by atoms with Crippen LogP contribution in [0.2, 0.25) is 0 Å². The predicted molar refractivity (Wildman–Crippen MR) is 77.5 cm³/mol. The molecule has 1 rings (SSSR count). The van der Waals surface area contributed by atoms with Crippen molar-refractivity contribution in [2.45, 2.75) is 13.8 Å². The summed E-state index contributed by atoms with van der Waals surface area (Å²) in [5, 5.41) is 0. The third kappa shape index (κ3) is 4.14. The van der Waals surface area contributed by atoms with Crippen molar-refractivity contribution in [3.05, 3.63) is 34.7 Å². The number of hydrogen-bond donors (Lipinski definition) is 0. The molecule has 0 unspecified atom stereocenters. The molecule has 0 radical (unpaired) electrons. The van der Waals surface area contributed by atoms with Gasteiger partial charge in [-0.3, -0.25) is 9.78 Å². The Balaban J connectivity index is 2.97. The molecule has 0 spiro atoms. The summed E-state index contributed by atoms with van der Waals surface area (Å²) in [7, 11) is 3.89. The van der Waals surface area contributed by atoms with Crippen LogP contribution in [0.25, 0.3) is 0 Å². The topological polar surface area (TPSA) is 36.4 Å². The summed E-state index contributed by atoms with van der Waals surface area (Å²) in [5.41, 5.74) is 1.67. The Labute approximate surface area is 116 Å². The number of rotatable bonds is 4. The van der Waals surface area contributed by atoms with Crippen molar-refractivity contribution < 1.29 is 4.79 Å². The van der Waals surface area contributed by atoms with Gasteiger partial charge in [-0.15, -0.1) is 0 Å². The van der Waals surface area contributed by atoms with Crippen molar-refractivity contribution >= 4 is 27.5 Å². The lowest BCUT2D eigenvalue weighted by Gasteiger charge is -2.21. The van der Waals surface area contributed by atoms with Crippen LogP contribution in [-0.4, -0.2) is 36.4 Å². The maximum absolute atomic E-state index is 11.7. The number of aryl methyl sites for hydroxylation is 1. The second kappa shape index (κ2) is 6.54. The fraction of sp³-hybridized carbons (Fsp3) is 0.385. The summed E-state index contributed by atoms with van der Waals surface area (Å²) in [6, 6.07) is 1.91. The highest BCUT2D eigenvalue weighted by molar-refractivity contribution is 9.10. The highest BCUT2D eigenvalue weighted by Gasteiger charge is 2.13. The van der Waals surface area contributed by atoms with E-state index in [1.807, 2.05) is 44.3 Å². The van der Waals surface area contributed by atoms with Crippen molar-refractivity contribution in [3.63, 3.8) is 0 Å². The van der Waals surface area contributed by atoms with Crippen LogP contribution in [0, 0.1) is 6.92 Å². The molecule has 0 fully saturated rings. The van der Waals surface area contributed by atoms with E-state index in [2.05, 4.69) is 20.9 Å². The van der Waals surface area contributed by atoms with E-state index in [1.54, 1.807) is 18.0 Å². The maximum atomic E-state index is 11.7. The zero-order chi connectivity index (χ0) is 13.7. The van der Waals surface area contributed by atoms with Gasteiger partial charge in [0.05, 0.1) is 11.4 Å². The first-order chi connectivity index (χ1) is 8.41. The van der Waals surface area contributed by atoms with Crippen LogP contribution >= 0.6 is 15.9 Å². The Morgan fingerprint density at radius 2 is 2.17 bits per heavy atom. The van der Waals surface area contributed by atoms with Crippen molar-refractivity contribution in [1.29, 1.82) is 0 Å². The molecule has 0 aliphatic heterocycles. The largest absolute Gasteiger partial charge is 0.384 e. The van der Waals surface area contributed by atoms with Crippen LogP contribution < -0.4 is 4.90 Å². The van der Waals surface area contributed by atoms with Crippen LogP contribution in [-0.2, 0) is 4.79 Å². The minimum atomic E-state index is 0.00130. The van der Waals surface area contributed by atoms with Gasteiger partial charge in [0.2, 0.25) is 5.91 Å². The van der Waals surface area contributed by atoms with Gasteiger partial charge in [0.15, 0.2) is 0 Å². The van der Waals surface area contributed by atoms with E-state index >= 15 is 0 Å². The number of aromatic nitrogens is 1. The van der Waals surface area contributed by atoms with Gasteiger partial charge in [-0.2, -0.15) is 0 Å². The Bertz CT molecular complexity index is 458. The van der Waals surface area contributed by atoms with E-state index in [9.17, 15) is 4.79 Å². The Kier molecular flexibility index (Phi) is 5.34. The highest BCUT2D eigenvalue weighted by atomic mass is 79.9. The summed E-state index contributed by atoms with van der Waals surface area (Å²) < 4.78 is 0.867. The van der Waals surface area contributed by atoms with Crippen LogP contribution in [0.5, 0.6) is 0 Å². The monoisotopic (exact) mass is 311 g/mol. The van der Waals surface area contributed by atoms with Gasteiger partial charge in [-0.1, -0.05) is 0 Å². The first-order valence-electron chi connectivity index (χ1n) is 5.65. The fourth-order valence-electron chi connectivity index (χ4n) is 1.53. The minimum absolute atomic E-state index is 0.00130. The number of amides is 1.